The number of amides is 1. The Balaban J connectivity index is 1.88. The number of nitrogens with zero attached hydrogens (tertiary/aromatic N) is 1. The maximum atomic E-state index is 12.8. The van der Waals surface area contributed by atoms with Gasteiger partial charge in [0.15, 0.2) is 0 Å². The summed E-state index contributed by atoms with van der Waals surface area (Å²) in [4.78, 5) is 23.3. The molecule has 0 aliphatic rings. The van der Waals surface area contributed by atoms with Crippen molar-refractivity contribution < 1.29 is 18.7 Å². The Kier molecular flexibility index (Phi) is 6.83. The standard InChI is InChI=1S/C19H19FN2O3/c1-2-3-4-18(23)22-21-13-14-5-11-17(12-6-14)25-19(24)15-7-9-16(20)10-8-15/h5-13H,2-4H2,1H3,(H,22,23)/b21-13+. The van der Waals surface area contributed by atoms with E-state index in [4.69, 9.17) is 4.74 Å². The van der Waals surface area contributed by atoms with E-state index in [2.05, 4.69) is 10.5 Å². The van der Waals surface area contributed by atoms with Crippen molar-refractivity contribution >= 4 is 18.1 Å². The van der Waals surface area contributed by atoms with Crippen LogP contribution in [0.25, 0.3) is 0 Å². The van der Waals surface area contributed by atoms with Crippen molar-refractivity contribution in [2.24, 2.45) is 5.10 Å². The number of nitrogens with one attached hydrogen (secondary N) is 1. The zero-order valence-corrected chi connectivity index (χ0v) is 13.9. The normalized spacial score (nSPS) is 10.6. The first-order chi connectivity index (χ1) is 12.1. The van der Waals surface area contributed by atoms with E-state index in [0.29, 0.717) is 12.2 Å². The van der Waals surface area contributed by atoms with Crippen LogP contribution in [0, 0.1) is 5.82 Å². The van der Waals surface area contributed by atoms with Gasteiger partial charge in [0.05, 0.1) is 11.8 Å². The Morgan fingerprint density at radius 3 is 2.44 bits per heavy atom. The summed E-state index contributed by atoms with van der Waals surface area (Å²) in [5.74, 6) is -0.743. The molecular weight excluding hydrogens is 323 g/mol. The molecule has 0 radical (unpaired) electrons. The second kappa shape index (κ2) is 9.32. The van der Waals surface area contributed by atoms with Crippen LogP contribution in [0.4, 0.5) is 4.39 Å². The lowest BCUT2D eigenvalue weighted by Gasteiger charge is -2.04. The van der Waals surface area contributed by atoms with Crippen molar-refractivity contribution in [3.8, 4) is 5.75 Å². The van der Waals surface area contributed by atoms with Crippen LogP contribution in [0.1, 0.15) is 42.1 Å². The van der Waals surface area contributed by atoms with Crippen molar-refractivity contribution in [3.05, 3.63) is 65.5 Å². The smallest absolute Gasteiger partial charge is 0.343 e. The van der Waals surface area contributed by atoms with Gasteiger partial charge in [-0.1, -0.05) is 13.3 Å². The number of unbranched alkanes of at least 4 members (excludes halogenated alkanes) is 1. The van der Waals surface area contributed by atoms with E-state index in [1.807, 2.05) is 6.92 Å². The van der Waals surface area contributed by atoms with E-state index >= 15 is 0 Å². The van der Waals surface area contributed by atoms with Crippen LogP contribution in [-0.2, 0) is 4.79 Å². The molecule has 0 spiro atoms. The molecule has 2 aromatic rings. The third-order valence-corrected chi connectivity index (χ3v) is 3.33. The summed E-state index contributed by atoms with van der Waals surface area (Å²) in [6, 6.07) is 11.8. The minimum Gasteiger partial charge on any atom is -0.423 e. The SMILES string of the molecule is CCCCC(=O)N/N=C/c1ccc(OC(=O)c2ccc(F)cc2)cc1. The summed E-state index contributed by atoms with van der Waals surface area (Å²) in [7, 11) is 0. The molecule has 0 aromatic heterocycles. The van der Waals surface area contributed by atoms with Gasteiger partial charge in [-0.05, 0) is 60.5 Å². The van der Waals surface area contributed by atoms with Crippen LogP contribution in [0.5, 0.6) is 5.75 Å². The summed E-state index contributed by atoms with van der Waals surface area (Å²) in [6.07, 6.45) is 3.74. The van der Waals surface area contributed by atoms with Gasteiger partial charge in [-0.15, -0.1) is 0 Å². The fourth-order valence-corrected chi connectivity index (χ4v) is 1.95. The molecule has 0 saturated heterocycles. The molecule has 25 heavy (non-hydrogen) atoms. The fraction of sp³-hybridized carbons (Fsp3) is 0.211. The van der Waals surface area contributed by atoms with Gasteiger partial charge < -0.3 is 4.74 Å². The first-order valence-corrected chi connectivity index (χ1v) is 7.98. The molecule has 2 rings (SSSR count). The van der Waals surface area contributed by atoms with Crippen LogP contribution in [0.2, 0.25) is 0 Å². The lowest BCUT2D eigenvalue weighted by molar-refractivity contribution is -0.121. The van der Waals surface area contributed by atoms with Gasteiger partial charge in [0, 0.05) is 6.42 Å². The number of hydrazone groups is 1. The van der Waals surface area contributed by atoms with Gasteiger partial charge in [-0.2, -0.15) is 5.10 Å². The molecule has 1 amide bonds. The highest BCUT2D eigenvalue weighted by atomic mass is 19.1. The van der Waals surface area contributed by atoms with Gasteiger partial charge >= 0.3 is 5.97 Å². The number of hydrogen-bond donors (Lipinski definition) is 1. The first kappa shape index (κ1) is 18.3. The fourth-order valence-electron chi connectivity index (χ4n) is 1.95. The minimum atomic E-state index is -0.565. The molecule has 0 heterocycles. The average molecular weight is 342 g/mol. The van der Waals surface area contributed by atoms with E-state index in [1.54, 1.807) is 24.3 Å². The number of hydrogen-bond acceptors (Lipinski definition) is 4. The largest absolute Gasteiger partial charge is 0.423 e. The van der Waals surface area contributed by atoms with Crippen molar-refractivity contribution in [1.82, 2.24) is 5.43 Å². The third kappa shape index (κ3) is 6.18. The molecule has 0 atom stereocenters. The monoisotopic (exact) mass is 342 g/mol. The van der Waals surface area contributed by atoms with E-state index in [1.165, 1.54) is 30.5 Å². The van der Waals surface area contributed by atoms with Crippen LogP contribution in [0.3, 0.4) is 0 Å². The summed E-state index contributed by atoms with van der Waals surface area (Å²) >= 11 is 0. The first-order valence-electron chi connectivity index (χ1n) is 7.98. The van der Waals surface area contributed by atoms with E-state index in [9.17, 15) is 14.0 Å². The lowest BCUT2D eigenvalue weighted by atomic mass is 10.2. The van der Waals surface area contributed by atoms with Gasteiger partial charge in [-0.25, -0.2) is 14.6 Å². The molecule has 0 fully saturated rings. The molecule has 0 aliphatic carbocycles. The topological polar surface area (TPSA) is 67.8 Å². The van der Waals surface area contributed by atoms with Crippen molar-refractivity contribution in [3.63, 3.8) is 0 Å². The van der Waals surface area contributed by atoms with Crippen molar-refractivity contribution in [2.45, 2.75) is 26.2 Å². The Morgan fingerprint density at radius 1 is 1.12 bits per heavy atom. The molecular formula is C19H19FN2O3. The highest BCUT2D eigenvalue weighted by molar-refractivity contribution is 5.91. The number of rotatable bonds is 7. The molecule has 6 heteroatoms. The minimum absolute atomic E-state index is 0.122. The Morgan fingerprint density at radius 2 is 1.80 bits per heavy atom. The maximum Gasteiger partial charge on any atom is 0.343 e. The van der Waals surface area contributed by atoms with Crippen molar-refractivity contribution in [1.29, 1.82) is 0 Å². The molecule has 0 unspecified atom stereocenters. The highest BCUT2D eigenvalue weighted by Crippen LogP contribution is 2.14. The van der Waals surface area contributed by atoms with Crippen LogP contribution in [-0.4, -0.2) is 18.1 Å². The van der Waals surface area contributed by atoms with Crippen LogP contribution in [0.15, 0.2) is 53.6 Å². The highest BCUT2D eigenvalue weighted by Gasteiger charge is 2.08. The third-order valence-electron chi connectivity index (χ3n) is 3.33. The number of carbonyl (C=O) groups is 2. The number of ether oxygens (including phenoxy) is 1. The molecule has 130 valence electrons. The molecule has 2 aromatic carbocycles. The van der Waals surface area contributed by atoms with Gasteiger partial charge in [0.1, 0.15) is 11.6 Å². The van der Waals surface area contributed by atoms with Crippen LogP contribution >= 0.6 is 0 Å². The Bertz CT molecular complexity index is 740. The van der Waals surface area contributed by atoms with Gasteiger partial charge in [-0.3, -0.25) is 4.79 Å². The van der Waals surface area contributed by atoms with Gasteiger partial charge in [0.2, 0.25) is 5.91 Å². The summed E-state index contributed by atoms with van der Waals surface area (Å²) < 4.78 is 18.1. The average Bonchev–Trinajstić information content (AvgIpc) is 2.62. The zero-order chi connectivity index (χ0) is 18.1. The number of halogens is 1. The predicted molar refractivity (Wildman–Crippen MR) is 93.1 cm³/mol. The van der Waals surface area contributed by atoms with E-state index in [0.717, 1.165) is 18.4 Å². The van der Waals surface area contributed by atoms with Crippen LogP contribution < -0.4 is 10.2 Å². The zero-order valence-electron chi connectivity index (χ0n) is 13.9. The van der Waals surface area contributed by atoms with Crippen molar-refractivity contribution in [2.75, 3.05) is 0 Å². The second-order valence-corrected chi connectivity index (χ2v) is 5.36. The second-order valence-electron chi connectivity index (χ2n) is 5.36. The molecule has 0 bridgehead atoms. The number of esters is 1. The number of benzene rings is 2. The van der Waals surface area contributed by atoms with E-state index in [-0.39, 0.29) is 11.5 Å². The van der Waals surface area contributed by atoms with Gasteiger partial charge in [0.25, 0.3) is 0 Å². The Labute approximate surface area is 145 Å². The predicted octanol–water partition coefficient (Wildman–Crippen LogP) is 3.69. The number of carbonyl (C=O) groups excluding carboxylic acids is 2. The van der Waals surface area contributed by atoms with E-state index < -0.39 is 11.8 Å². The maximum absolute atomic E-state index is 12.8. The molecule has 0 aliphatic heterocycles. The lowest BCUT2D eigenvalue weighted by Crippen LogP contribution is -2.16. The molecule has 5 nitrogen and oxygen atoms in total. The molecule has 0 saturated carbocycles. The summed E-state index contributed by atoms with van der Waals surface area (Å²) in [5.41, 5.74) is 3.47. The Hall–Kier alpha value is -3.02. The quantitative estimate of drug-likeness (QED) is 0.361. The summed E-state index contributed by atoms with van der Waals surface area (Å²) in [5, 5.41) is 3.87. The molecule has 1 N–H and O–H groups in total. The summed E-state index contributed by atoms with van der Waals surface area (Å²) in [6.45, 7) is 2.01.